The lowest BCUT2D eigenvalue weighted by Crippen LogP contribution is -2.36. The molecule has 0 radical (unpaired) electrons. The van der Waals surface area contributed by atoms with Crippen LogP contribution in [0.4, 0.5) is 0 Å². The molecule has 0 fully saturated rings. The third-order valence-electron chi connectivity index (χ3n) is 3.78. The van der Waals surface area contributed by atoms with Gasteiger partial charge in [-0.2, -0.15) is 0 Å². The highest BCUT2D eigenvalue weighted by atomic mass is 35.5. The van der Waals surface area contributed by atoms with E-state index in [1.54, 1.807) is 30.7 Å². The second kappa shape index (κ2) is 8.94. The second-order valence-electron chi connectivity index (χ2n) is 5.82. The first-order valence-corrected chi connectivity index (χ1v) is 8.83. The maximum atomic E-state index is 12.4. The Labute approximate surface area is 161 Å². The Bertz CT molecular complexity index is 796. The van der Waals surface area contributed by atoms with E-state index >= 15 is 0 Å². The van der Waals surface area contributed by atoms with Crippen molar-refractivity contribution in [2.24, 2.45) is 0 Å². The number of furan rings is 2. The lowest BCUT2D eigenvalue weighted by atomic mass is 10.2. The highest BCUT2D eigenvalue weighted by Crippen LogP contribution is 2.20. The van der Waals surface area contributed by atoms with Crippen LogP contribution < -0.4 is 5.32 Å². The Kier molecular flexibility index (Phi) is 6.39. The molecule has 0 atom stereocenters. The molecule has 3 aromatic rings. The average molecular weight is 393 g/mol. The average Bonchev–Trinajstić information content (AvgIpc) is 3.28. The van der Waals surface area contributed by atoms with E-state index in [-0.39, 0.29) is 12.5 Å². The predicted octanol–water partition coefficient (Wildman–Crippen LogP) is 4.50. The minimum atomic E-state index is -0.117. The van der Waals surface area contributed by atoms with E-state index in [0.717, 1.165) is 17.1 Å². The molecular formula is C19H18Cl2N2O3. The zero-order valence-corrected chi connectivity index (χ0v) is 15.5. The van der Waals surface area contributed by atoms with Crippen molar-refractivity contribution in [2.45, 2.75) is 19.6 Å². The van der Waals surface area contributed by atoms with Gasteiger partial charge in [0.25, 0.3) is 0 Å². The van der Waals surface area contributed by atoms with Gasteiger partial charge in [-0.15, -0.1) is 0 Å². The van der Waals surface area contributed by atoms with Crippen molar-refractivity contribution in [2.75, 3.05) is 6.54 Å². The summed E-state index contributed by atoms with van der Waals surface area (Å²) in [5.41, 5.74) is 0.813. The number of nitrogens with zero attached hydrogens (tertiary/aromatic N) is 1. The van der Waals surface area contributed by atoms with Crippen LogP contribution in [0.15, 0.2) is 63.8 Å². The van der Waals surface area contributed by atoms with Crippen LogP contribution in [0.5, 0.6) is 0 Å². The van der Waals surface area contributed by atoms with E-state index in [2.05, 4.69) is 5.32 Å². The first-order chi connectivity index (χ1) is 12.6. The summed E-state index contributed by atoms with van der Waals surface area (Å²) in [4.78, 5) is 14.3. The van der Waals surface area contributed by atoms with E-state index in [4.69, 9.17) is 32.0 Å². The van der Waals surface area contributed by atoms with Crippen molar-refractivity contribution in [3.05, 3.63) is 82.1 Å². The zero-order valence-electron chi connectivity index (χ0n) is 14.0. The third kappa shape index (κ3) is 5.39. The van der Waals surface area contributed by atoms with Crippen LogP contribution >= 0.6 is 23.2 Å². The number of hydrogen-bond acceptors (Lipinski definition) is 4. The van der Waals surface area contributed by atoms with Crippen molar-refractivity contribution >= 4 is 29.1 Å². The van der Waals surface area contributed by atoms with Crippen LogP contribution in [0.1, 0.15) is 17.1 Å². The fourth-order valence-electron chi connectivity index (χ4n) is 2.53. The maximum absolute atomic E-state index is 12.4. The summed E-state index contributed by atoms with van der Waals surface area (Å²) in [6.45, 7) is 1.54. The topological polar surface area (TPSA) is 58.6 Å². The molecule has 0 saturated carbocycles. The summed E-state index contributed by atoms with van der Waals surface area (Å²) in [7, 11) is 0. The second-order valence-corrected chi connectivity index (χ2v) is 6.66. The Balaban J connectivity index is 1.58. The van der Waals surface area contributed by atoms with Crippen molar-refractivity contribution in [1.29, 1.82) is 0 Å². The SMILES string of the molecule is O=C(CN(Cc1ccco1)Cc1ccco1)NCc1ccc(Cl)cc1Cl. The summed E-state index contributed by atoms with van der Waals surface area (Å²) in [5.74, 6) is 1.45. The molecule has 3 rings (SSSR count). The van der Waals surface area contributed by atoms with Crippen LogP contribution in [-0.2, 0) is 24.4 Å². The molecule has 2 heterocycles. The molecule has 1 aromatic carbocycles. The monoisotopic (exact) mass is 392 g/mol. The van der Waals surface area contributed by atoms with E-state index in [1.807, 2.05) is 29.2 Å². The van der Waals surface area contributed by atoms with Crippen molar-refractivity contribution in [3.8, 4) is 0 Å². The number of carbonyl (C=O) groups is 1. The molecule has 0 unspecified atom stereocenters. The molecule has 2 aromatic heterocycles. The number of benzene rings is 1. The Morgan fingerprint density at radius 2 is 1.65 bits per heavy atom. The number of amides is 1. The van der Waals surface area contributed by atoms with E-state index in [9.17, 15) is 4.79 Å². The lowest BCUT2D eigenvalue weighted by Gasteiger charge is -2.19. The van der Waals surface area contributed by atoms with Crippen LogP contribution in [0.25, 0.3) is 0 Å². The molecule has 0 bridgehead atoms. The van der Waals surface area contributed by atoms with E-state index in [1.165, 1.54) is 0 Å². The molecule has 26 heavy (non-hydrogen) atoms. The van der Waals surface area contributed by atoms with E-state index < -0.39 is 0 Å². The van der Waals surface area contributed by atoms with Gasteiger partial charge in [0.2, 0.25) is 5.91 Å². The minimum absolute atomic E-state index is 0.117. The van der Waals surface area contributed by atoms with E-state index in [0.29, 0.717) is 29.7 Å². The largest absolute Gasteiger partial charge is 0.468 e. The highest BCUT2D eigenvalue weighted by Gasteiger charge is 2.15. The molecule has 1 N–H and O–H groups in total. The smallest absolute Gasteiger partial charge is 0.234 e. The number of carbonyl (C=O) groups excluding carboxylic acids is 1. The van der Waals surface area contributed by atoms with Crippen LogP contribution in [0.3, 0.4) is 0 Å². The molecule has 1 amide bonds. The highest BCUT2D eigenvalue weighted by molar-refractivity contribution is 6.35. The fraction of sp³-hybridized carbons (Fsp3) is 0.211. The summed E-state index contributed by atoms with van der Waals surface area (Å²) < 4.78 is 10.8. The fourth-order valence-corrected chi connectivity index (χ4v) is 3.01. The van der Waals surface area contributed by atoms with Gasteiger partial charge in [-0.1, -0.05) is 29.3 Å². The minimum Gasteiger partial charge on any atom is -0.468 e. The van der Waals surface area contributed by atoms with Gasteiger partial charge in [-0.25, -0.2) is 0 Å². The lowest BCUT2D eigenvalue weighted by molar-refractivity contribution is -0.122. The van der Waals surface area contributed by atoms with Gasteiger partial charge in [0, 0.05) is 16.6 Å². The molecule has 0 saturated heterocycles. The van der Waals surface area contributed by atoms with Crippen LogP contribution in [-0.4, -0.2) is 17.4 Å². The Hall–Kier alpha value is -2.21. The molecule has 5 nitrogen and oxygen atoms in total. The summed E-state index contributed by atoms with van der Waals surface area (Å²) in [6, 6.07) is 12.6. The van der Waals surface area contributed by atoms with Crippen molar-refractivity contribution in [3.63, 3.8) is 0 Å². The van der Waals surface area contributed by atoms with Gasteiger partial charge in [-0.3, -0.25) is 9.69 Å². The third-order valence-corrected chi connectivity index (χ3v) is 4.36. The molecule has 0 spiro atoms. The zero-order chi connectivity index (χ0) is 18.4. The quantitative estimate of drug-likeness (QED) is 0.612. The van der Waals surface area contributed by atoms with Crippen LogP contribution in [0, 0.1) is 0 Å². The number of rotatable bonds is 8. The first-order valence-electron chi connectivity index (χ1n) is 8.08. The van der Waals surface area contributed by atoms with Crippen molar-refractivity contribution in [1.82, 2.24) is 10.2 Å². The summed E-state index contributed by atoms with van der Waals surface area (Å²) >= 11 is 12.0. The number of halogens is 2. The van der Waals surface area contributed by atoms with Gasteiger partial charge >= 0.3 is 0 Å². The summed E-state index contributed by atoms with van der Waals surface area (Å²) in [6.07, 6.45) is 3.23. The predicted molar refractivity (Wildman–Crippen MR) is 99.8 cm³/mol. The Morgan fingerprint density at radius 1 is 1.00 bits per heavy atom. The van der Waals surface area contributed by atoms with Gasteiger partial charge in [0.1, 0.15) is 11.5 Å². The van der Waals surface area contributed by atoms with Gasteiger partial charge in [-0.05, 0) is 42.0 Å². The molecule has 7 heteroatoms. The molecule has 0 aliphatic carbocycles. The molecular weight excluding hydrogens is 375 g/mol. The molecule has 0 aliphatic heterocycles. The number of hydrogen-bond donors (Lipinski definition) is 1. The maximum Gasteiger partial charge on any atom is 0.234 e. The van der Waals surface area contributed by atoms with Gasteiger partial charge < -0.3 is 14.2 Å². The first kappa shape index (κ1) is 18.6. The molecule has 0 aliphatic rings. The standard InChI is InChI=1S/C19H18Cl2N2O3/c20-15-6-5-14(18(21)9-15)10-22-19(24)13-23(11-16-3-1-7-25-16)12-17-4-2-8-26-17/h1-9H,10-13H2,(H,22,24). The summed E-state index contributed by atoms with van der Waals surface area (Å²) in [5, 5.41) is 3.97. The number of nitrogens with one attached hydrogen (secondary N) is 1. The van der Waals surface area contributed by atoms with Crippen LogP contribution in [0.2, 0.25) is 10.0 Å². The van der Waals surface area contributed by atoms with Crippen molar-refractivity contribution < 1.29 is 13.6 Å². The molecule has 136 valence electrons. The van der Waals surface area contributed by atoms with Gasteiger partial charge in [0.15, 0.2) is 0 Å². The Morgan fingerprint density at radius 3 is 2.19 bits per heavy atom. The normalized spacial score (nSPS) is 11.0. The van der Waals surface area contributed by atoms with Gasteiger partial charge in [0.05, 0.1) is 32.2 Å².